The number of aliphatic imine (C=N–C) groups is 1. The number of anilines is 1. The SMILES string of the molecule is COC1=NC=C(F)C(CC(=O)N2CC[C@@]3(CCc4cc(-c5cc(C(F)(F)F)ncn5)c(C)nc4N3)C2)C1. The molecule has 12 heteroatoms. The standard InChI is InChI=1S/C25H26F4N6O2/c1-14-17(19-10-20(25(27,28)29)32-13-31-19)7-15-3-4-24(34-23(15)33-14)5-6-35(12-24)22(36)9-16-8-21(37-2)30-11-18(16)26/h7,10-11,13,16H,3-6,8-9,12H2,1-2H3,(H,33,34)/t16?,24-/m0/s1. The number of fused-ring (bicyclic) bond motifs is 1. The van der Waals surface area contributed by atoms with E-state index in [1.54, 1.807) is 11.8 Å². The van der Waals surface area contributed by atoms with Crippen LogP contribution in [0.1, 0.15) is 42.6 Å². The maximum absolute atomic E-state index is 14.2. The number of likely N-dealkylation sites (tertiary alicyclic amines) is 1. The summed E-state index contributed by atoms with van der Waals surface area (Å²) in [6.45, 7) is 2.74. The Morgan fingerprint density at radius 2 is 2.08 bits per heavy atom. The first kappa shape index (κ1) is 25.1. The number of pyridine rings is 1. The highest BCUT2D eigenvalue weighted by atomic mass is 19.4. The third-order valence-electron chi connectivity index (χ3n) is 7.29. The monoisotopic (exact) mass is 518 g/mol. The van der Waals surface area contributed by atoms with E-state index in [9.17, 15) is 22.4 Å². The Balaban J connectivity index is 1.29. The molecule has 0 bridgehead atoms. The number of aryl methyl sites for hydroxylation is 2. The van der Waals surface area contributed by atoms with E-state index in [0.29, 0.717) is 42.5 Å². The molecule has 1 unspecified atom stereocenters. The van der Waals surface area contributed by atoms with E-state index >= 15 is 0 Å². The second-order valence-electron chi connectivity index (χ2n) is 9.73. The van der Waals surface area contributed by atoms with Gasteiger partial charge in [-0.1, -0.05) is 0 Å². The van der Waals surface area contributed by atoms with Gasteiger partial charge in [-0.2, -0.15) is 13.2 Å². The predicted octanol–water partition coefficient (Wildman–Crippen LogP) is 4.46. The summed E-state index contributed by atoms with van der Waals surface area (Å²) in [7, 11) is 1.47. The van der Waals surface area contributed by atoms with Crippen LogP contribution in [-0.2, 0) is 22.1 Å². The number of rotatable bonds is 3. The highest BCUT2D eigenvalue weighted by Gasteiger charge is 2.43. The second-order valence-corrected chi connectivity index (χ2v) is 9.73. The second kappa shape index (κ2) is 9.38. The Morgan fingerprint density at radius 3 is 2.84 bits per heavy atom. The molecule has 2 atom stereocenters. The average molecular weight is 519 g/mol. The number of carbonyl (C=O) groups is 1. The lowest BCUT2D eigenvalue weighted by molar-refractivity contribution is -0.141. The third-order valence-corrected chi connectivity index (χ3v) is 7.29. The van der Waals surface area contributed by atoms with Crippen molar-refractivity contribution in [1.29, 1.82) is 0 Å². The summed E-state index contributed by atoms with van der Waals surface area (Å²) in [6, 6.07) is 2.76. The molecule has 0 radical (unpaired) electrons. The summed E-state index contributed by atoms with van der Waals surface area (Å²) < 4.78 is 58.7. The molecule has 2 aromatic heterocycles. The van der Waals surface area contributed by atoms with Gasteiger partial charge in [0.05, 0.1) is 24.5 Å². The number of aromatic nitrogens is 3. The Labute approximate surface area is 210 Å². The maximum atomic E-state index is 14.2. The summed E-state index contributed by atoms with van der Waals surface area (Å²) >= 11 is 0. The van der Waals surface area contributed by atoms with Crippen molar-refractivity contribution in [2.75, 3.05) is 25.5 Å². The van der Waals surface area contributed by atoms with E-state index < -0.39 is 23.6 Å². The quantitative estimate of drug-likeness (QED) is 0.604. The Morgan fingerprint density at radius 1 is 1.27 bits per heavy atom. The van der Waals surface area contributed by atoms with Crippen molar-refractivity contribution in [2.24, 2.45) is 10.9 Å². The van der Waals surface area contributed by atoms with Crippen molar-refractivity contribution in [2.45, 2.75) is 50.7 Å². The third kappa shape index (κ3) is 5.01. The van der Waals surface area contributed by atoms with Crippen molar-refractivity contribution in [3.05, 3.63) is 47.4 Å². The Kier molecular flexibility index (Phi) is 6.36. The molecule has 8 nitrogen and oxygen atoms in total. The van der Waals surface area contributed by atoms with Crippen LogP contribution in [0.5, 0.6) is 0 Å². The molecular weight excluding hydrogens is 492 g/mol. The molecule has 196 valence electrons. The van der Waals surface area contributed by atoms with E-state index in [-0.39, 0.29) is 30.0 Å². The van der Waals surface area contributed by atoms with Gasteiger partial charge in [-0.3, -0.25) is 4.79 Å². The lowest BCUT2D eigenvalue weighted by atomic mass is 9.86. The number of hydrogen-bond acceptors (Lipinski definition) is 7. The number of ether oxygens (including phenoxy) is 1. The van der Waals surface area contributed by atoms with Crippen LogP contribution in [0.25, 0.3) is 11.3 Å². The number of carbonyl (C=O) groups excluding carboxylic acids is 1. The Bertz CT molecular complexity index is 1290. The molecule has 1 N–H and O–H groups in total. The van der Waals surface area contributed by atoms with Gasteiger partial charge in [-0.05, 0) is 43.9 Å². The van der Waals surface area contributed by atoms with Gasteiger partial charge in [-0.25, -0.2) is 24.3 Å². The van der Waals surface area contributed by atoms with Gasteiger partial charge < -0.3 is 15.0 Å². The normalized spacial score (nSPS) is 23.3. The zero-order chi connectivity index (χ0) is 26.4. The number of halogens is 4. The highest BCUT2D eigenvalue weighted by Crippen LogP contribution is 2.39. The minimum absolute atomic E-state index is 0.0386. The topological polar surface area (TPSA) is 92.6 Å². The molecule has 0 saturated carbocycles. The first-order valence-corrected chi connectivity index (χ1v) is 12.0. The molecule has 1 amide bonds. The van der Waals surface area contributed by atoms with Crippen LogP contribution in [0, 0.1) is 12.8 Å². The molecule has 1 saturated heterocycles. The number of amides is 1. The van der Waals surface area contributed by atoms with Gasteiger partial charge in [0.25, 0.3) is 0 Å². The van der Waals surface area contributed by atoms with E-state index in [2.05, 4.69) is 25.3 Å². The summed E-state index contributed by atoms with van der Waals surface area (Å²) in [5.41, 5.74) is 0.743. The molecule has 1 spiro atoms. The van der Waals surface area contributed by atoms with Gasteiger partial charge in [0, 0.05) is 43.1 Å². The molecule has 0 aromatic carbocycles. The minimum atomic E-state index is -4.56. The van der Waals surface area contributed by atoms with Gasteiger partial charge >= 0.3 is 6.18 Å². The van der Waals surface area contributed by atoms with Crippen LogP contribution >= 0.6 is 0 Å². The van der Waals surface area contributed by atoms with Crippen LogP contribution < -0.4 is 5.32 Å². The summed E-state index contributed by atoms with van der Waals surface area (Å²) in [4.78, 5) is 30.7. The fraction of sp³-hybridized carbons (Fsp3) is 0.480. The average Bonchev–Trinajstić information content (AvgIpc) is 3.28. The molecule has 1 fully saturated rings. The molecule has 2 aromatic rings. The van der Waals surface area contributed by atoms with Crippen LogP contribution in [0.4, 0.5) is 23.4 Å². The first-order chi connectivity index (χ1) is 17.6. The fourth-order valence-corrected chi connectivity index (χ4v) is 5.19. The molecule has 3 aliphatic rings. The first-order valence-electron chi connectivity index (χ1n) is 12.0. The van der Waals surface area contributed by atoms with Crippen molar-refractivity contribution in [1.82, 2.24) is 19.9 Å². The maximum Gasteiger partial charge on any atom is 0.433 e. The van der Waals surface area contributed by atoms with Gasteiger partial charge in [0.15, 0.2) is 5.90 Å². The number of allylic oxidation sites excluding steroid dienone is 1. The summed E-state index contributed by atoms with van der Waals surface area (Å²) in [5.74, 6) is -0.0681. The van der Waals surface area contributed by atoms with Crippen molar-refractivity contribution in [3.63, 3.8) is 0 Å². The lowest BCUT2D eigenvalue weighted by Gasteiger charge is -2.36. The number of nitrogens with zero attached hydrogens (tertiary/aromatic N) is 5. The number of nitrogens with one attached hydrogen (secondary N) is 1. The molecule has 0 aliphatic carbocycles. The molecule has 37 heavy (non-hydrogen) atoms. The van der Waals surface area contributed by atoms with Crippen LogP contribution in [0.3, 0.4) is 0 Å². The van der Waals surface area contributed by atoms with Crippen molar-refractivity contribution >= 4 is 17.6 Å². The van der Waals surface area contributed by atoms with E-state index in [1.807, 2.05) is 6.07 Å². The zero-order valence-corrected chi connectivity index (χ0v) is 20.4. The minimum Gasteiger partial charge on any atom is -0.484 e. The van der Waals surface area contributed by atoms with Crippen LogP contribution in [0.15, 0.2) is 35.5 Å². The largest absolute Gasteiger partial charge is 0.484 e. The Hall–Kier alpha value is -3.57. The number of hydrogen-bond donors (Lipinski definition) is 1. The predicted molar refractivity (Wildman–Crippen MR) is 127 cm³/mol. The fourth-order valence-electron chi connectivity index (χ4n) is 5.19. The van der Waals surface area contributed by atoms with E-state index in [0.717, 1.165) is 37.0 Å². The van der Waals surface area contributed by atoms with Crippen molar-refractivity contribution < 1.29 is 27.1 Å². The molecule has 5 rings (SSSR count). The highest BCUT2D eigenvalue weighted by molar-refractivity contribution is 5.81. The lowest BCUT2D eigenvalue weighted by Crippen LogP contribution is -2.45. The van der Waals surface area contributed by atoms with Gasteiger partial charge in [-0.15, -0.1) is 0 Å². The van der Waals surface area contributed by atoms with Gasteiger partial charge in [0.2, 0.25) is 5.91 Å². The van der Waals surface area contributed by atoms with E-state index in [1.165, 1.54) is 7.11 Å². The van der Waals surface area contributed by atoms with E-state index in [4.69, 9.17) is 4.74 Å². The zero-order valence-electron chi connectivity index (χ0n) is 20.4. The summed E-state index contributed by atoms with van der Waals surface area (Å²) in [6.07, 6.45) is -0.167. The van der Waals surface area contributed by atoms with Crippen LogP contribution in [0.2, 0.25) is 0 Å². The van der Waals surface area contributed by atoms with Crippen LogP contribution in [-0.4, -0.2) is 57.4 Å². The molecule has 3 aliphatic heterocycles. The molecular formula is C25H26F4N6O2. The number of methoxy groups -OCH3 is 1. The van der Waals surface area contributed by atoms with Gasteiger partial charge in [0.1, 0.15) is 23.7 Å². The molecule has 5 heterocycles. The van der Waals surface area contributed by atoms with Crippen molar-refractivity contribution in [3.8, 4) is 11.3 Å². The smallest absolute Gasteiger partial charge is 0.433 e. The number of alkyl halides is 3. The summed E-state index contributed by atoms with van der Waals surface area (Å²) in [5, 5.41) is 3.50.